The van der Waals surface area contributed by atoms with Crippen molar-refractivity contribution in [2.45, 2.75) is 55.8 Å². The first kappa shape index (κ1) is 11.4. The van der Waals surface area contributed by atoms with Gasteiger partial charge in [0.1, 0.15) is 5.54 Å². The molecule has 3 unspecified atom stereocenters. The van der Waals surface area contributed by atoms with Crippen LogP contribution in [0, 0.1) is 0 Å². The first-order valence-electron chi connectivity index (χ1n) is 6.47. The standard InChI is InChI=1S/C12H20N2O3/c13-12(3-4-17-7-12)11(16)14-8-1-2-9(14)6-10(15)5-8/h8-10,15H,1-7,13H2. The highest BCUT2D eigenvalue weighted by Crippen LogP contribution is 2.37. The summed E-state index contributed by atoms with van der Waals surface area (Å²) >= 11 is 0. The van der Waals surface area contributed by atoms with E-state index in [2.05, 4.69) is 0 Å². The molecule has 17 heavy (non-hydrogen) atoms. The van der Waals surface area contributed by atoms with Gasteiger partial charge in [-0.05, 0) is 32.1 Å². The number of hydrogen-bond donors (Lipinski definition) is 2. The van der Waals surface area contributed by atoms with Gasteiger partial charge in [0.15, 0.2) is 0 Å². The average Bonchev–Trinajstić information content (AvgIpc) is 2.82. The molecular formula is C12H20N2O3. The van der Waals surface area contributed by atoms with Crippen molar-refractivity contribution in [2.24, 2.45) is 5.73 Å². The Balaban J connectivity index is 1.78. The summed E-state index contributed by atoms with van der Waals surface area (Å²) in [7, 11) is 0. The summed E-state index contributed by atoms with van der Waals surface area (Å²) in [5, 5.41) is 9.73. The van der Waals surface area contributed by atoms with Crippen molar-refractivity contribution in [2.75, 3.05) is 13.2 Å². The molecule has 0 aromatic rings. The second kappa shape index (κ2) is 3.93. The quantitative estimate of drug-likeness (QED) is 0.655. The molecule has 0 spiro atoms. The zero-order valence-electron chi connectivity index (χ0n) is 9.97. The monoisotopic (exact) mass is 240 g/mol. The van der Waals surface area contributed by atoms with Crippen molar-refractivity contribution >= 4 is 5.91 Å². The van der Waals surface area contributed by atoms with Crippen molar-refractivity contribution < 1.29 is 14.6 Å². The molecule has 0 aromatic heterocycles. The molecule has 3 heterocycles. The highest BCUT2D eigenvalue weighted by Gasteiger charge is 2.49. The molecule has 1 amide bonds. The topological polar surface area (TPSA) is 75.8 Å². The molecule has 3 fully saturated rings. The Labute approximate surface area is 101 Å². The Morgan fingerprint density at radius 2 is 2.00 bits per heavy atom. The maximum absolute atomic E-state index is 12.5. The zero-order chi connectivity index (χ0) is 12.0. The Morgan fingerprint density at radius 3 is 2.53 bits per heavy atom. The molecule has 96 valence electrons. The third kappa shape index (κ3) is 1.77. The van der Waals surface area contributed by atoms with E-state index in [1.165, 1.54) is 0 Å². The van der Waals surface area contributed by atoms with Gasteiger partial charge in [0.05, 0.1) is 12.7 Å². The van der Waals surface area contributed by atoms with E-state index < -0.39 is 5.54 Å². The van der Waals surface area contributed by atoms with E-state index in [0.717, 1.165) is 12.8 Å². The Hall–Kier alpha value is -0.650. The second-order valence-corrected chi connectivity index (χ2v) is 5.68. The third-order valence-electron chi connectivity index (χ3n) is 4.42. The first-order chi connectivity index (χ1) is 8.10. The summed E-state index contributed by atoms with van der Waals surface area (Å²) in [6, 6.07) is 0.384. The van der Waals surface area contributed by atoms with E-state index in [9.17, 15) is 9.90 Å². The molecule has 0 aliphatic carbocycles. The van der Waals surface area contributed by atoms with Crippen LogP contribution in [0.5, 0.6) is 0 Å². The van der Waals surface area contributed by atoms with E-state index in [0.29, 0.717) is 32.5 Å². The minimum absolute atomic E-state index is 0.0365. The van der Waals surface area contributed by atoms with Crippen LogP contribution in [0.4, 0.5) is 0 Å². The highest BCUT2D eigenvalue weighted by atomic mass is 16.5. The molecule has 0 aromatic carbocycles. The zero-order valence-corrected chi connectivity index (χ0v) is 9.97. The lowest BCUT2D eigenvalue weighted by Crippen LogP contribution is -2.60. The minimum Gasteiger partial charge on any atom is -0.393 e. The molecule has 3 aliphatic heterocycles. The first-order valence-corrected chi connectivity index (χ1v) is 6.47. The van der Waals surface area contributed by atoms with Crippen molar-refractivity contribution in [1.82, 2.24) is 4.90 Å². The van der Waals surface area contributed by atoms with Crippen molar-refractivity contribution in [3.05, 3.63) is 0 Å². The van der Waals surface area contributed by atoms with E-state index in [1.54, 1.807) is 0 Å². The number of ether oxygens (including phenoxy) is 1. The average molecular weight is 240 g/mol. The van der Waals surface area contributed by atoms with Gasteiger partial charge in [0.2, 0.25) is 5.91 Å². The van der Waals surface area contributed by atoms with Gasteiger partial charge in [0.25, 0.3) is 0 Å². The van der Waals surface area contributed by atoms with Crippen LogP contribution in [0.15, 0.2) is 0 Å². The van der Waals surface area contributed by atoms with Crippen LogP contribution in [0.25, 0.3) is 0 Å². The van der Waals surface area contributed by atoms with Crippen LogP contribution in [0.2, 0.25) is 0 Å². The number of amides is 1. The fraction of sp³-hybridized carbons (Fsp3) is 0.917. The maximum Gasteiger partial charge on any atom is 0.245 e. The number of aliphatic hydroxyl groups excluding tert-OH is 1. The fourth-order valence-electron chi connectivity index (χ4n) is 3.49. The predicted octanol–water partition coefficient (Wildman–Crippen LogP) is -0.382. The van der Waals surface area contributed by atoms with E-state index in [-0.39, 0.29) is 24.1 Å². The summed E-state index contributed by atoms with van der Waals surface area (Å²) in [5.74, 6) is 0.0365. The molecule has 0 saturated carbocycles. The van der Waals surface area contributed by atoms with Crippen LogP contribution in [-0.4, -0.2) is 52.9 Å². The van der Waals surface area contributed by atoms with Crippen molar-refractivity contribution in [3.63, 3.8) is 0 Å². The SMILES string of the molecule is NC1(C(=O)N2C3CCC2CC(O)C3)CCOC1. The van der Waals surface area contributed by atoms with Crippen LogP contribution < -0.4 is 5.73 Å². The summed E-state index contributed by atoms with van der Waals surface area (Å²) < 4.78 is 5.26. The molecule has 3 saturated heterocycles. The van der Waals surface area contributed by atoms with E-state index in [4.69, 9.17) is 10.5 Å². The van der Waals surface area contributed by atoms with Crippen LogP contribution in [0.1, 0.15) is 32.1 Å². The van der Waals surface area contributed by atoms with Crippen molar-refractivity contribution in [3.8, 4) is 0 Å². The van der Waals surface area contributed by atoms with Gasteiger partial charge < -0.3 is 20.5 Å². The molecule has 3 atom stereocenters. The third-order valence-corrected chi connectivity index (χ3v) is 4.42. The van der Waals surface area contributed by atoms with E-state index in [1.807, 2.05) is 4.90 Å². The molecule has 3 aliphatic rings. The number of nitrogens with two attached hydrogens (primary N) is 1. The smallest absolute Gasteiger partial charge is 0.245 e. The fourth-order valence-corrected chi connectivity index (χ4v) is 3.49. The second-order valence-electron chi connectivity index (χ2n) is 5.68. The molecular weight excluding hydrogens is 220 g/mol. The van der Waals surface area contributed by atoms with Gasteiger partial charge in [-0.15, -0.1) is 0 Å². The molecule has 2 bridgehead atoms. The molecule has 3 rings (SSSR count). The number of fused-ring (bicyclic) bond motifs is 2. The van der Waals surface area contributed by atoms with Gasteiger partial charge in [-0.2, -0.15) is 0 Å². The summed E-state index contributed by atoms with van der Waals surface area (Å²) in [4.78, 5) is 14.5. The number of carbonyl (C=O) groups excluding carboxylic acids is 1. The number of piperidine rings is 1. The van der Waals surface area contributed by atoms with Crippen LogP contribution in [0.3, 0.4) is 0 Å². The highest BCUT2D eigenvalue weighted by molar-refractivity contribution is 5.87. The van der Waals surface area contributed by atoms with Gasteiger partial charge in [-0.25, -0.2) is 0 Å². The molecule has 5 heteroatoms. The lowest BCUT2D eigenvalue weighted by molar-refractivity contribution is -0.143. The largest absolute Gasteiger partial charge is 0.393 e. The van der Waals surface area contributed by atoms with Gasteiger partial charge in [0, 0.05) is 18.7 Å². The van der Waals surface area contributed by atoms with Gasteiger partial charge in [-0.1, -0.05) is 0 Å². The Kier molecular flexibility index (Phi) is 2.65. The summed E-state index contributed by atoms with van der Waals surface area (Å²) in [5.41, 5.74) is 5.33. The number of aliphatic hydroxyl groups is 1. The lowest BCUT2D eigenvalue weighted by atomic mass is 9.93. The normalized spacial score (nSPS) is 45.3. The summed E-state index contributed by atoms with van der Waals surface area (Å²) in [6.45, 7) is 0.915. The maximum atomic E-state index is 12.5. The predicted molar refractivity (Wildman–Crippen MR) is 61.3 cm³/mol. The van der Waals surface area contributed by atoms with Crippen LogP contribution >= 0.6 is 0 Å². The number of hydrogen-bond acceptors (Lipinski definition) is 4. The number of nitrogens with zero attached hydrogens (tertiary/aromatic N) is 1. The Bertz CT molecular complexity index is 314. The lowest BCUT2D eigenvalue weighted by Gasteiger charge is -2.40. The van der Waals surface area contributed by atoms with Gasteiger partial charge >= 0.3 is 0 Å². The molecule has 0 radical (unpaired) electrons. The molecule has 5 nitrogen and oxygen atoms in total. The summed E-state index contributed by atoms with van der Waals surface area (Å²) in [6.07, 6.45) is 3.79. The number of carbonyl (C=O) groups is 1. The molecule has 3 N–H and O–H groups in total. The number of rotatable bonds is 1. The Morgan fingerprint density at radius 1 is 1.35 bits per heavy atom. The van der Waals surface area contributed by atoms with Gasteiger partial charge in [-0.3, -0.25) is 4.79 Å². The van der Waals surface area contributed by atoms with Crippen LogP contribution in [-0.2, 0) is 9.53 Å². The van der Waals surface area contributed by atoms with Crippen molar-refractivity contribution in [1.29, 1.82) is 0 Å². The van der Waals surface area contributed by atoms with E-state index >= 15 is 0 Å². The minimum atomic E-state index is -0.816.